The number of benzene rings is 2. The first-order chi connectivity index (χ1) is 36.3. The van der Waals surface area contributed by atoms with E-state index in [9.17, 15) is 0 Å². The summed E-state index contributed by atoms with van der Waals surface area (Å²) < 4.78 is 39.8. The highest BCUT2D eigenvalue weighted by Gasteiger charge is 2.26. The van der Waals surface area contributed by atoms with Crippen molar-refractivity contribution in [1.82, 2.24) is 9.13 Å². The van der Waals surface area contributed by atoms with Gasteiger partial charge in [-0.2, -0.15) is 0 Å². The molecule has 0 aliphatic carbocycles. The number of halogens is 2. The Balaban J connectivity index is 1.25. The molecule has 6 heterocycles. The Morgan fingerprint density at radius 2 is 0.703 bits per heavy atom. The topological polar surface area (TPSA) is 9.86 Å². The van der Waals surface area contributed by atoms with Gasteiger partial charge in [-0.05, 0) is 136 Å². The summed E-state index contributed by atoms with van der Waals surface area (Å²) >= 11 is 7.44. The van der Waals surface area contributed by atoms with Crippen molar-refractivity contribution >= 4 is 78.2 Å². The average Bonchev–Trinajstić information content (AvgIpc) is 4.30. The molecular formula is C66H88F2N2S4. The molecule has 0 amide bonds. The van der Waals surface area contributed by atoms with Crippen LogP contribution in [0.25, 0.3) is 73.2 Å². The first kappa shape index (κ1) is 56.6. The lowest BCUT2D eigenvalue weighted by atomic mass is 10.0. The minimum Gasteiger partial charge on any atom is -0.339 e. The zero-order valence-electron chi connectivity index (χ0n) is 46.3. The molecule has 0 aliphatic rings. The lowest BCUT2D eigenvalue weighted by Crippen LogP contribution is -1.99. The number of aromatic nitrogens is 2. The molecule has 0 unspecified atom stereocenters. The van der Waals surface area contributed by atoms with Gasteiger partial charge in [-0.15, -0.1) is 45.3 Å². The van der Waals surface area contributed by atoms with Gasteiger partial charge < -0.3 is 9.13 Å². The van der Waals surface area contributed by atoms with E-state index in [-0.39, 0.29) is 11.6 Å². The molecule has 2 aromatic carbocycles. The van der Waals surface area contributed by atoms with E-state index < -0.39 is 0 Å². The Labute approximate surface area is 461 Å². The van der Waals surface area contributed by atoms with Crippen LogP contribution in [0.5, 0.6) is 0 Å². The molecule has 0 spiro atoms. The molecule has 0 saturated heterocycles. The van der Waals surface area contributed by atoms with Crippen LogP contribution in [0.15, 0.2) is 60.7 Å². The van der Waals surface area contributed by atoms with Crippen molar-refractivity contribution in [2.24, 2.45) is 0 Å². The van der Waals surface area contributed by atoms with Gasteiger partial charge in [0.15, 0.2) is 0 Å². The average molecular weight is 1080 g/mol. The van der Waals surface area contributed by atoms with Crippen molar-refractivity contribution in [3.63, 3.8) is 0 Å². The van der Waals surface area contributed by atoms with Gasteiger partial charge in [-0.1, -0.05) is 157 Å². The fraction of sp³-hybridized carbons (Fsp3) is 0.545. The van der Waals surface area contributed by atoms with Gasteiger partial charge >= 0.3 is 0 Å². The molecule has 2 nitrogen and oxygen atoms in total. The normalized spacial score (nSPS) is 12.1. The van der Waals surface area contributed by atoms with Gasteiger partial charge in [0.1, 0.15) is 11.6 Å². The second-order valence-electron chi connectivity index (χ2n) is 21.5. The summed E-state index contributed by atoms with van der Waals surface area (Å²) in [5.74, 6) is -0.332. The van der Waals surface area contributed by atoms with E-state index in [4.69, 9.17) is 0 Å². The molecule has 0 fully saturated rings. The highest BCUT2D eigenvalue weighted by Crippen LogP contribution is 2.48. The van der Waals surface area contributed by atoms with Crippen LogP contribution < -0.4 is 0 Å². The van der Waals surface area contributed by atoms with Crippen LogP contribution in [-0.4, -0.2) is 9.13 Å². The molecule has 74 heavy (non-hydrogen) atoms. The number of nitrogens with zero attached hydrogens (tertiary/aromatic N) is 2. The van der Waals surface area contributed by atoms with Crippen LogP contribution >= 0.6 is 45.3 Å². The van der Waals surface area contributed by atoms with Crippen molar-refractivity contribution in [2.75, 3.05) is 0 Å². The van der Waals surface area contributed by atoms with E-state index in [2.05, 4.69) is 99.2 Å². The molecule has 0 bridgehead atoms. The summed E-state index contributed by atoms with van der Waals surface area (Å²) in [6.07, 6.45) is 33.0. The quantitative estimate of drug-likeness (QED) is 0.0356. The largest absolute Gasteiger partial charge is 0.339 e. The third-order valence-corrected chi connectivity index (χ3v) is 20.6. The number of hydrogen-bond acceptors (Lipinski definition) is 4. The van der Waals surface area contributed by atoms with E-state index in [1.165, 1.54) is 143 Å². The van der Waals surface area contributed by atoms with Crippen LogP contribution in [0.2, 0.25) is 0 Å². The summed E-state index contributed by atoms with van der Waals surface area (Å²) in [6, 6.07) is 22.0. The fourth-order valence-corrected chi connectivity index (χ4v) is 16.2. The SMILES string of the molecule is CCCCCCc1ccc(-c2sc(-c3cc4c(cc3F)c3c(c5cc(F)c(-c6cc(CCCCCC)c(-c7ccc(CCCCCC)s7)s6)cc5n3CCCCCC)n4CCCCCC)cc2CCCCCC)s1. The Morgan fingerprint density at radius 3 is 1.07 bits per heavy atom. The van der Waals surface area contributed by atoms with Crippen LogP contribution in [0, 0.1) is 11.6 Å². The molecule has 400 valence electrons. The minimum atomic E-state index is -0.166. The van der Waals surface area contributed by atoms with Gasteiger partial charge in [-0.25, -0.2) is 8.78 Å². The van der Waals surface area contributed by atoms with E-state index in [0.29, 0.717) is 11.1 Å². The summed E-state index contributed by atoms with van der Waals surface area (Å²) in [6.45, 7) is 15.3. The molecule has 8 aromatic rings. The number of thiophene rings is 4. The Hall–Kier alpha value is -3.56. The molecule has 8 heteroatoms. The highest BCUT2D eigenvalue weighted by molar-refractivity contribution is 7.24. The maximum atomic E-state index is 17.4. The van der Waals surface area contributed by atoms with E-state index in [1.807, 2.05) is 34.8 Å². The van der Waals surface area contributed by atoms with E-state index in [1.54, 1.807) is 22.7 Å². The van der Waals surface area contributed by atoms with Gasteiger partial charge in [-0.3, -0.25) is 0 Å². The third-order valence-electron chi connectivity index (χ3n) is 15.6. The zero-order valence-corrected chi connectivity index (χ0v) is 49.5. The number of unbranched alkanes of at least 4 members (excludes halogenated alkanes) is 18. The van der Waals surface area contributed by atoms with Crippen LogP contribution in [-0.2, 0) is 38.8 Å². The smallest absolute Gasteiger partial charge is 0.132 e. The van der Waals surface area contributed by atoms with Crippen LogP contribution in [0.3, 0.4) is 0 Å². The second kappa shape index (κ2) is 28.7. The number of hydrogen-bond donors (Lipinski definition) is 0. The van der Waals surface area contributed by atoms with E-state index in [0.717, 1.165) is 133 Å². The second-order valence-corrected chi connectivity index (χ2v) is 26.0. The maximum Gasteiger partial charge on any atom is 0.132 e. The van der Waals surface area contributed by atoms with Crippen molar-refractivity contribution < 1.29 is 8.78 Å². The Kier molecular flexibility index (Phi) is 22.0. The summed E-state index contributed by atoms with van der Waals surface area (Å²) in [5, 5.41) is 1.90. The Bertz CT molecular complexity index is 2780. The monoisotopic (exact) mass is 1070 g/mol. The van der Waals surface area contributed by atoms with E-state index >= 15 is 8.78 Å². The van der Waals surface area contributed by atoms with Crippen LogP contribution in [0.4, 0.5) is 8.78 Å². The molecule has 0 aliphatic heterocycles. The standard InChI is InChI=1S/C66H88F2N2S4/c1-7-13-19-25-31-47-41-61(73-65(47)59-37-35-49(71-59)33-27-21-15-9-3)51-45-57-53(43-55(51)67)63-64(69(57)39-29-23-17-11-5)54-44-56(68)52(46-58(54)70(63)40-30-24-18-12-6)62-42-48(32-26-20-14-8-2)66(74-62)60-38-36-50(72-60)34-28-22-16-10-4/h35-38,41-46H,7-34,39-40H2,1-6H3. The van der Waals surface area contributed by atoms with Crippen molar-refractivity contribution in [1.29, 1.82) is 0 Å². The minimum absolute atomic E-state index is 0.166. The zero-order chi connectivity index (χ0) is 51.8. The molecule has 8 rings (SSSR count). The lowest BCUT2D eigenvalue weighted by Gasteiger charge is -2.11. The van der Waals surface area contributed by atoms with Crippen molar-refractivity contribution in [2.45, 2.75) is 234 Å². The van der Waals surface area contributed by atoms with Gasteiger partial charge in [0.05, 0.1) is 22.1 Å². The highest BCUT2D eigenvalue weighted by atomic mass is 32.1. The summed E-state index contributed by atoms with van der Waals surface area (Å²) in [7, 11) is 0. The first-order valence-corrected chi connectivity index (χ1v) is 33.0. The molecule has 0 radical (unpaired) electrons. The molecule has 6 aromatic heterocycles. The van der Waals surface area contributed by atoms with Gasteiger partial charge in [0.2, 0.25) is 0 Å². The van der Waals surface area contributed by atoms with Gasteiger partial charge in [0, 0.05) is 74.0 Å². The Morgan fingerprint density at radius 1 is 0.351 bits per heavy atom. The third kappa shape index (κ3) is 13.8. The predicted octanol–water partition coefficient (Wildman–Crippen LogP) is 23.6. The van der Waals surface area contributed by atoms with Crippen LogP contribution in [0.1, 0.15) is 217 Å². The summed E-state index contributed by atoms with van der Waals surface area (Å²) in [5.41, 5.74) is 8.35. The molecular weight excluding hydrogens is 987 g/mol. The number of rotatable bonds is 34. The molecule has 0 saturated carbocycles. The van der Waals surface area contributed by atoms with Crippen molar-refractivity contribution in [3.05, 3.63) is 93.2 Å². The number of fused-ring (bicyclic) bond motifs is 5. The van der Waals surface area contributed by atoms with Gasteiger partial charge in [0.25, 0.3) is 0 Å². The van der Waals surface area contributed by atoms with Crippen molar-refractivity contribution in [3.8, 4) is 40.4 Å². The molecule has 0 N–H and O–H groups in total. The molecule has 0 atom stereocenters. The lowest BCUT2D eigenvalue weighted by molar-refractivity contribution is 0.600. The maximum absolute atomic E-state index is 17.4. The summed E-state index contributed by atoms with van der Waals surface area (Å²) in [4.78, 5) is 10.2. The number of aryl methyl sites for hydroxylation is 6. The predicted molar refractivity (Wildman–Crippen MR) is 328 cm³/mol. The first-order valence-electron chi connectivity index (χ1n) is 29.7. The fourth-order valence-electron chi connectivity index (χ4n) is 11.3.